The maximum atomic E-state index is 12.1. The number of amides is 2. The molecule has 1 fully saturated rings. The molecule has 1 heterocycles. The molecule has 1 aliphatic heterocycles. The Bertz CT molecular complexity index is 487. The van der Waals surface area contributed by atoms with Crippen LogP contribution in [0.25, 0.3) is 0 Å². The van der Waals surface area contributed by atoms with Crippen LogP contribution in [0.1, 0.15) is 19.3 Å². The van der Waals surface area contributed by atoms with Crippen LogP contribution < -0.4 is 15.8 Å². The van der Waals surface area contributed by atoms with Crippen molar-refractivity contribution in [2.75, 3.05) is 25.0 Å². The molecule has 0 aliphatic carbocycles. The normalized spacial score (nSPS) is 14.7. The molecule has 2 rings (SSSR count). The first-order valence-corrected chi connectivity index (χ1v) is 7.13. The lowest BCUT2D eigenvalue weighted by Crippen LogP contribution is -2.38. The number of likely N-dealkylation sites (tertiary alicyclic amines) is 1. The van der Waals surface area contributed by atoms with E-state index in [0.29, 0.717) is 16.4 Å². The Morgan fingerprint density at radius 3 is 2.80 bits per heavy atom. The first kappa shape index (κ1) is 14.6. The number of benzene rings is 1. The van der Waals surface area contributed by atoms with Gasteiger partial charge in [-0.2, -0.15) is 0 Å². The second-order valence-electron chi connectivity index (χ2n) is 4.76. The molecule has 0 spiro atoms. The number of piperidine rings is 1. The van der Waals surface area contributed by atoms with Crippen molar-refractivity contribution in [1.82, 2.24) is 4.90 Å². The summed E-state index contributed by atoms with van der Waals surface area (Å²) in [4.78, 5) is 14.2. The Morgan fingerprint density at radius 2 is 2.10 bits per heavy atom. The van der Waals surface area contributed by atoms with Gasteiger partial charge in [0.15, 0.2) is 0 Å². The van der Waals surface area contributed by atoms with Crippen molar-refractivity contribution in [3.05, 3.63) is 24.3 Å². The van der Waals surface area contributed by atoms with Crippen molar-refractivity contribution >= 4 is 28.9 Å². The Labute approximate surface area is 124 Å². The van der Waals surface area contributed by atoms with Crippen LogP contribution >= 0.6 is 12.2 Å². The highest BCUT2D eigenvalue weighted by molar-refractivity contribution is 7.80. The van der Waals surface area contributed by atoms with E-state index >= 15 is 0 Å². The largest absolute Gasteiger partial charge is 0.486 e. The predicted octanol–water partition coefficient (Wildman–Crippen LogP) is 2.37. The van der Waals surface area contributed by atoms with Gasteiger partial charge in [0.25, 0.3) is 0 Å². The van der Waals surface area contributed by atoms with Crippen LogP contribution in [0.2, 0.25) is 0 Å². The molecule has 0 saturated carbocycles. The van der Waals surface area contributed by atoms with E-state index in [1.807, 2.05) is 17.0 Å². The third-order valence-electron chi connectivity index (χ3n) is 3.11. The number of nitrogens with two attached hydrogens (primary N) is 1. The number of hydrogen-bond acceptors (Lipinski definition) is 3. The summed E-state index contributed by atoms with van der Waals surface area (Å²) in [5.41, 5.74) is 6.10. The second-order valence-corrected chi connectivity index (χ2v) is 5.29. The van der Waals surface area contributed by atoms with Crippen LogP contribution in [0.4, 0.5) is 10.5 Å². The highest BCUT2D eigenvalue weighted by atomic mass is 32.1. The lowest BCUT2D eigenvalue weighted by molar-refractivity contribution is 0.200. The molecule has 1 aliphatic rings. The summed E-state index contributed by atoms with van der Waals surface area (Å²) in [7, 11) is 0. The number of ether oxygens (including phenoxy) is 1. The summed E-state index contributed by atoms with van der Waals surface area (Å²) in [6, 6.07) is 7.15. The van der Waals surface area contributed by atoms with Crippen LogP contribution in [-0.4, -0.2) is 35.6 Å². The minimum Gasteiger partial charge on any atom is -0.486 e. The van der Waals surface area contributed by atoms with Crippen LogP contribution in [0.5, 0.6) is 5.75 Å². The van der Waals surface area contributed by atoms with Gasteiger partial charge in [-0.05, 0) is 31.4 Å². The van der Waals surface area contributed by atoms with Gasteiger partial charge < -0.3 is 20.7 Å². The van der Waals surface area contributed by atoms with Crippen molar-refractivity contribution in [2.24, 2.45) is 5.73 Å². The van der Waals surface area contributed by atoms with Crippen molar-refractivity contribution < 1.29 is 9.53 Å². The third kappa shape index (κ3) is 4.38. The van der Waals surface area contributed by atoms with E-state index in [2.05, 4.69) is 5.32 Å². The fraction of sp³-hybridized carbons (Fsp3) is 0.429. The summed E-state index contributed by atoms with van der Waals surface area (Å²) in [5, 5.41) is 2.88. The maximum absolute atomic E-state index is 12.1. The molecule has 0 bridgehead atoms. The van der Waals surface area contributed by atoms with E-state index in [1.54, 1.807) is 12.1 Å². The van der Waals surface area contributed by atoms with Gasteiger partial charge in [0.05, 0.1) is 0 Å². The smallest absolute Gasteiger partial charge is 0.321 e. The second kappa shape index (κ2) is 7.09. The molecule has 6 heteroatoms. The Morgan fingerprint density at radius 1 is 1.35 bits per heavy atom. The summed E-state index contributed by atoms with van der Waals surface area (Å²) in [5.74, 6) is 0.634. The standard InChI is InChI=1S/C14H19N3O2S/c15-13(20)10-19-12-6-4-5-11(9-12)16-14(18)17-7-2-1-3-8-17/h4-6,9H,1-3,7-8,10H2,(H2,15,20)(H,16,18). The highest BCUT2D eigenvalue weighted by Gasteiger charge is 2.16. The molecule has 1 aromatic rings. The van der Waals surface area contributed by atoms with Crippen LogP contribution in [0.15, 0.2) is 24.3 Å². The summed E-state index contributed by atoms with van der Waals surface area (Å²) < 4.78 is 5.40. The zero-order chi connectivity index (χ0) is 14.4. The number of nitrogens with one attached hydrogen (secondary N) is 1. The van der Waals surface area contributed by atoms with Crippen LogP contribution in [-0.2, 0) is 0 Å². The van der Waals surface area contributed by atoms with Crippen molar-refractivity contribution in [3.63, 3.8) is 0 Å². The molecule has 0 aromatic heterocycles. The molecule has 1 saturated heterocycles. The quantitative estimate of drug-likeness (QED) is 0.836. The number of anilines is 1. The molecule has 3 N–H and O–H groups in total. The number of hydrogen-bond donors (Lipinski definition) is 2. The summed E-state index contributed by atoms with van der Waals surface area (Å²) >= 11 is 4.76. The molecule has 2 amide bonds. The van der Waals surface area contributed by atoms with Crippen LogP contribution in [0.3, 0.4) is 0 Å². The van der Waals surface area contributed by atoms with Gasteiger partial charge in [-0.3, -0.25) is 0 Å². The van der Waals surface area contributed by atoms with Crippen molar-refractivity contribution in [3.8, 4) is 5.75 Å². The number of rotatable bonds is 4. The molecular weight excluding hydrogens is 274 g/mol. The van der Waals surface area contributed by atoms with Gasteiger partial charge in [-0.15, -0.1) is 0 Å². The van der Waals surface area contributed by atoms with E-state index in [9.17, 15) is 4.79 Å². The zero-order valence-corrected chi connectivity index (χ0v) is 12.1. The van der Waals surface area contributed by atoms with E-state index in [0.717, 1.165) is 25.9 Å². The first-order valence-electron chi connectivity index (χ1n) is 6.72. The molecule has 0 radical (unpaired) electrons. The molecule has 0 atom stereocenters. The van der Waals surface area contributed by atoms with Gasteiger partial charge in [-0.25, -0.2) is 4.79 Å². The van der Waals surface area contributed by atoms with E-state index in [4.69, 9.17) is 22.7 Å². The average molecular weight is 293 g/mol. The molecule has 20 heavy (non-hydrogen) atoms. The lowest BCUT2D eigenvalue weighted by atomic mass is 10.1. The van der Waals surface area contributed by atoms with Gasteiger partial charge in [-0.1, -0.05) is 18.3 Å². The number of thiocarbonyl (C=S) groups is 1. The van der Waals surface area contributed by atoms with Gasteiger partial charge >= 0.3 is 6.03 Å². The minimum atomic E-state index is -0.0591. The SMILES string of the molecule is NC(=S)COc1cccc(NC(=O)N2CCCCC2)c1. The van der Waals surface area contributed by atoms with E-state index < -0.39 is 0 Å². The van der Waals surface area contributed by atoms with E-state index in [1.165, 1.54) is 6.42 Å². The number of nitrogens with zero attached hydrogens (tertiary/aromatic N) is 1. The minimum absolute atomic E-state index is 0.0591. The van der Waals surface area contributed by atoms with Crippen molar-refractivity contribution in [2.45, 2.75) is 19.3 Å². The first-order chi connectivity index (χ1) is 9.65. The average Bonchev–Trinajstić information content (AvgIpc) is 2.46. The summed E-state index contributed by atoms with van der Waals surface area (Å²) in [6.07, 6.45) is 3.35. The number of urea groups is 1. The van der Waals surface area contributed by atoms with Gasteiger partial charge in [0.2, 0.25) is 0 Å². The monoisotopic (exact) mass is 293 g/mol. The summed E-state index contributed by atoms with van der Waals surface area (Å²) in [6.45, 7) is 1.84. The molecule has 0 unspecified atom stereocenters. The fourth-order valence-electron chi connectivity index (χ4n) is 2.12. The van der Waals surface area contributed by atoms with Crippen molar-refractivity contribution in [1.29, 1.82) is 0 Å². The lowest BCUT2D eigenvalue weighted by Gasteiger charge is -2.26. The Balaban J connectivity index is 1.93. The Hall–Kier alpha value is -1.82. The molecule has 1 aromatic carbocycles. The molecule has 5 nitrogen and oxygen atoms in total. The predicted molar refractivity (Wildman–Crippen MR) is 83.2 cm³/mol. The van der Waals surface area contributed by atoms with E-state index in [-0.39, 0.29) is 12.6 Å². The maximum Gasteiger partial charge on any atom is 0.321 e. The number of carbonyl (C=O) groups excluding carboxylic acids is 1. The molecule has 108 valence electrons. The number of carbonyl (C=O) groups is 1. The third-order valence-corrected chi connectivity index (χ3v) is 3.23. The van der Waals surface area contributed by atoms with Crippen LogP contribution in [0, 0.1) is 0 Å². The van der Waals surface area contributed by atoms with Gasteiger partial charge in [0, 0.05) is 24.8 Å². The Kier molecular flexibility index (Phi) is 5.17. The highest BCUT2D eigenvalue weighted by Crippen LogP contribution is 2.18. The molecular formula is C14H19N3O2S. The fourth-order valence-corrected chi connectivity index (χ4v) is 2.18. The van der Waals surface area contributed by atoms with Gasteiger partial charge in [0.1, 0.15) is 17.3 Å². The zero-order valence-electron chi connectivity index (χ0n) is 11.3. The topological polar surface area (TPSA) is 67.6 Å².